The van der Waals surface area contributed by atoms with Gasteiger partial charge in [-0.05, 0) is 19.1 Å². The minimum absolute atomic E-state index is 0.0175. The molecule has 2 N–H and O–H groups in total. The molecule has 6 nitrogen and oxygen atoms in total. The second kappa shape index (κ2) is 6.27. The third-order valence-corrected chi connectivity index (χ3v) is 3.23. The van der Waals surface area contributed by atoms with E-state index in [1.165, 1.54) is 4.90 Å². The second-order valence-corrected chi connectivity index (χ2v) is 4.64. The van der Waals surface area contributed by atoms with Crippen LogP contribution < -0.4 is 10.5 Å². The fourth-order valence-electron chi connectivity index (χ4n) is 2.07. The van der Waals surface area contributed by atoms with Gasteiger partial charge in [-0.1, -0.05) is 6.07 Å². The molecule has 1 aliphatic heterocycles. The number of nitrogens with two attached hydrogens (primary N) is 1. The van der Waals surface area contributed by atoms with Crippen molar-refractivity contribution in [3.05, 3.63) is 24.3 Å². The summed E-state index contributed by atoms with van der Waals surface area (Å²) < 4.78 is 5.53. The van der Waals surface area contributed by atoms with Gasteiger partial charge in [0.1, 0.15) is 12.4 Å². The molecule has 6 heteroatoms. The van der Waals surface area contributed by atoms with E-state index in [-0.39, 0.29) is 24.9 Å². The van der Waals surface area contributed by atoms with Crippen molar-refractivity contribution in [2.45, 2.75) is 6.92 Å². The van der Waals surface area contributed by atoms with Crippen LogP contribution in [-0.2, 0) is 9.59 Å². The molecule has 2 rings (SSSR count). The molecule has 20 heavy (non-hydrogen) atoms. The maximum atomic E-state index is 11.9. The van der Waals surface area contributed by atoms with Crippen molar-refractivity contribution >= 4 is 17.5 Å². The lowest BCUT2D eigenvalue weighted by atomic mass is 10.3. The number of nitrogen functional groups attached to an aromatic ring is 1. The summed E-state index contributed by atoms with van der Waals surface area (Å²) in [6, 6.07) is 7.11. The lowest BCUT2D eigenvalue weighted by Crippen LogP contribution is -2.54. The topological polar surface area (TPSA) is 75.9 Å². The highest BCUT2D eigenvalue weighted by atomic mass is 16.5. The van der Waals surface area contributed by atoms with E-state index in [4.69, 9.17) is 10.5 Å². The van der Waals surface area contributed by atoms with Gasteiger partial charge < -0.3 is 20.3 Å². The van der Waals surface area contributed by atoms with Crippen LogP contribution in [0.3, 0.4) is 0 Å². The van der Waals surface area contributed by atoms with Crippen LogP contribution >= 0.6 is 0 Å². The normalized spacial score (nSPS) is 15.7. The molecule has 0 aliphatic carbocycles. The van der Waals surface area contributed by atoms with Gasteiger partial charge in [0.2, 0.25) is 11.8 Å². The molecule has 2 amide bonds. The number of benzene rings is 1. The average Bonchev–Trinajstić information content (AvgIpc) is 2.42. The molecule has 0 unspecified atom stereocenters. The van der Waals surface area contributed by atoms with Crippen molar-refractivity contribution in [3.63, 3.8) is 0 Å². The van der Waals surface area contributed by atoms with Crippen LogP contribution in [0.4, 0.5) is 5.69 Å². The van der Waals surface area contributed by atoms with Gasteiger partial charge >= 0.3 is 0 Å². The van der Waals surface area contributed by atoms with Crippen molar-refractivity contribution in [1.29, 1.82) is 0 Å². The van der Waals surface area contributed by atoms with Gasteiger partial charge in [0, 0.05) is 18.3 Å². The molecular weight excluding hydrogens is 258 g/mol. The zero-order valence-corrected chi connectivity index (χ0v) is 11.5. The maximum absolute atomic E-state index is 11.9. The number of likely N-dealkylation sites (N-methyl/N-ethyl adjacent to an activating group) is 1. The number of piperazine rings is 1. The van der Waals surface area contributed by atoms with Crippen LogP contribution in [0.5, 0.6) is 5.75 Å². The Hall–Kier alpha value is -2.24. The second-order valence-electron chi connectivity index (χ2n) is 4.64. The Morgan fingerprint density at radius 2 is 1.90 bits per heavy atom. The van der Waals surface area contributed by atoms with Gasteiger partial charge in [0.25, 0.3) is 0 Å². The smallest absolute Gasteiger partial charge is 0.242 e. The van der Waals surface area contributed by atoms with E-state index in [1.807, 2.05) is 6.92 Å². The summed E-state index contributed by atoms with van der Waals surface area (Å²) in [5.74, 6) is 0.606. The van der Waals surface area contributed by atoms with Crippen LogP contribution in [0.2, 0.25) is 0 Å². The quantitative estimate of drug-likeness (QED) is 0.787. The molecule has 0 atom stereocenters. The summed E-state index contributed by atoms with van der Waals surface area (Å²) >= 11 is 0. The summed E-state index contributed by atoms with van der Waals surface area (Å²) in [6.45, 7) is 3.47. The highest BCUT2D eigenvalue weighted by Gasteiger charge is 2.28. The molecule has 1 aliphatic rings. The van der Waals surface area contributed by atoms with E-state index in [9.17, 15) is 9.59 Å². The zero-order chi connectivity index (χ0) is 14.5. The van der Waals surface area contributed by atoms with Gasteiger partial charge in [0.05, 0.1) is 19.6 Å². The number of amides is 2. The first kappa shape index (κ1) is 14.2. The fourth-order valence-corrected chi connectivity index (χ4v) is 2.07. The van der Waals surface area contributed by atoms with Crippen LogP contribution in [0, 0.1) is 0 Å². The monoisotopic (exact) mass is 277 g/mol. The molecule has 0 radical (unpaired) electrons. The first-order valence-electron chi connectivity index (χ1n) is 6.64. The van der Waals surface area contributed by atoms with Crippen LogP contribution in [0.15, 0.2) is 24.3 Å². The number of rotatable bonds is 5. The Balaban J connectivity index is 1.82. The van der Waals surface area contributed by atoms with Crippen LogP contribution in [-0.4, -0.2) is 54.4 Å². The van der Waals surface area contributed by atoms with Gasteiger partial charge in [-0.15, -0.1) is 0 Å². The molecule has 1 saturated heterocycles. The standard InChI is InChI=1S/C14H19N3O3/c1-2-16-9-14(19)17(10-13(16)18)6-7-20-12-5-3-4-11(15)8-12/h3-5,8H,2,6-7,9-10,15H2,1H3. The lowest BCUT2D eigenvalue weighted by Gasteiger charge is -2.33. The SMILES string of the molecule is CCN1CC(=O)N(CCOc2cccc(N)c2)CC1=O. The predicted octanol–water partition coefficient (Wildman–Crippen LogP) is 0.338. The van der Waals surface area contributed by atoms with E-state index < -0.39 is 0 Å². The number of hydrogen-bond donors (Lipinski definition) is 1. The third-order valence-electron chi connectivity index (χ3n) is 3.23. The number of anilines is 1. The molecule has 0 spiro atoms. The van der Waals surface area contributed by atoms with Crippen molar-refractivity contribution in [3.8, 4) is 5.75 Å². The Morgan fingerprint density at radius 3 is 2.60 bits per heavy atom. The fraction of sp³-hybridized carbons (Fsp3) is 0.429. The lowest BCUT2D eigenvalue weighted by molar-refractivity contribution is -0.150. The Bertz CT molecular complexity index is 504. The summed E-state index contributed by atoms with van der Waals surface area (Å²) in [5.41, 5.74) is 6.28. The van der Waals surface area contributed by atoms with E-state index in [0.717, 1.165) is 0 Å². The maximum Gasteiger partial charge on any atom is 0.242 e. The largest absolute Gasteiger partial charge is 0.492 e. The number of hydrogen-bond acceptors (Lipinski definition) is 4. The molecule has 1 aromatic carbocycles. The number of carbonyl (C=O) groups excluding carboxylic acids is 2. The Kier molecular flexibility index (Phi) is 4.45. The molecule has 108 valence electrons. The number of ether oxygens (including phenoxy) is 1. The minimum atomic E-state index is -0.0392. The first-order valence-corrected chi connectivity index (χ1v) is 6.64. The van der Waals surface area contributed by atoms with E-state index in [1.54, 1.807) is 29.2 Å². The number of carbonyl (C=O) groups is 2. The van der Waals surface area contributed by atoms with Crippen LogP contribution in [0.1, 0.15) is 6.92 Å². The minimum Gasteiger partial charge on any atom is -0.492 e. The van der Waals surface area contributed by atoms with Crippen molar-refractivity contribution < 1.29 is 14.3 Å². The highest BCUT2D eigenvalue weighted by Crippen LogP contribution is 2.14. The van der Waals surface area contributed by atoms with Gasteiger partial charge in [-0.2, -0.15) is 0 Å². The highest BCUT2D eigenvalue weighted by molar-refractivity contribution is 5.92. The molecule has 0 aromatic heterocycles. The van der Waals surface area contributed by atoms with Crippen LogP contribution in [0.25, 0.3) is 0 Å². The summed E-state index contributed by atoms with van der Waals surface area (Å²) in [7, 11) is 0. The van der Waals surface area contributed by atoms with Gasteiger partial charge in [-0.3, -0.25) is 9.59 Å². The van der Waals surface area contributed by atoms with Crippen molar-refractivity contribution in [2.24, 2.45) is 0 Å². The molecule has 1 heterocycles. The summed E-state index contributed by atoms with van der Waals surface area (Å²) in [4.78, 5) is 26.7. The summed E-state index contributed by atoms with van der Waals surface area (Å²) in [6.07, 6.45) is 0. The van der Waals surface area contributed by atoms with E-state index in [0.29, 0.717) is 31.1 Å². The molecular formula is C14H19N3O3. The zero-order valence-electron chi connectivity index (χ0n) is 11.5. The van der Waals surface area contributed by atoms with E-state index in [2.05, 4.69) is 0 Å². The van der Waals surface area contributed by atoms with Crippen molar-refractivity contribution in [1.82, 2.24) is 9.80 Å². The molecule has 0 bridgehead atoms. The number of nitrogens with zero attached hydrogens (tertiary/aromatic N) is 2. The van der Waals surface area contributed by atoms with E-state index >= 15 is 0 Å². The predicted molar refractivity (Wildman–Crippen MR) is 75.2 cm³/mol. The summed E-state index contributed by atoms with van der Waals surface area (Å²) in [5, 5.41) is 0. The average molecular weight is 277 g/mol. The molecule has 1 aromatic rings. The third kappa shape index (κ3) is 3.40. The molecule has 1 fully saturated rings. The first-order chi connectivity index (χ1) is 9.60. The van der Waals surface area contributed by atoms with Gasteiger partial charge in [-0.25, -0.2) is 0 Å². The molecule has 0 saturated carbocycles. The Morgan fingerprint density at radius 1 is 1.20 bits per heavy atom. The Labute approximate surface area is 118 Å². The van der Waals surface area contributed by atoms with Gasteiger partial charge in [0.15, 0.2) is 0 Å². The van der Waals surface area contributed by atoms with Crippen molar-refractivity contribution in [2.75, 3.05) is 38.5 Å².